The molecule has 5 nitrogen and oxygen atoms in total. The number of aryl methyl sites for hydroxylation is 1. The van der Waals surface area contributed by atoms with E-state index in [1.807, 2.05) is 62.4 Å². The summed E-state index contributed by atoms with van der Waals surface area (Å²) in [6, 6.07) is 15.6. The lowest BCUT2D eigenvalue weighted by molar-refractivity contribution is 0.340. The highest BCUT2D eigenvalue weighted by atomic mass is 16.5. The van der Waals surface area contributed by atoms with Gasteiger partial charge in [0.25, 0.3) is 0 Å². The van der Waals surface area contributed by atoms with E-state index in [0.29, 0.717) is 6.61 Å². The maximum absolute atomic E-state index is 5.44. The summed E-state index contributed by atoms with van der Waals surface area (Å²) < 4.78 is 10.7. The van der Waals surface area contributed by atoms with Crippen molar-refractivity contribution in [2.24, 2.45) is 5.10 Å². The van der Waals surface area contributed by atoms with Gasteiger partial charge in [-0.3, -0.25) is 10.4 Å². The number of aromatic nitrogens is 1. The van der Waals surface area contributed by atoms with Gasteiger partial charge in [0.1, 0.15) is 11.5 Å². The molecule has 0 radical (unpaired) electrons. The molecule has 0 unspecified atom stereocenters. The summed E-state index contributed by atoms with van der Waals surface area (Å²) >= 11 is 0. The van der Waals surface area contributed by atoms with Crippen LogP contribution in [0.5, 0.6) is 11.5 Å². The van der Waals surface area contributed by atoms with E-state index < -0.39 is 0 Å². The van der Waals surface area contributed by atoms with Crippen LogP contribution in [0.15, 0.2) is 53.6 Å². The molecule has 25 heavy (non-hydrogen) atoms. The van der Waals surface area contributed by atoms with Crippen LogP contribution in [0.3, 0.4) is 0 Å². The number of fused-ring (bicyclic) bond motifs is 1. The number of nitrogens with one attached hydrogen (secondary N) is 1. The maximum Gasteiger partial charge on any atom is 0.119 e. The molecule has 5 heteroatoms. The number of rotatable bonds is 6. The number of methoxy groups -OCH3 is 1. The number of benzene rings is 2. The number of anilines is 1. The molecule has 3 rings (SSSR count). The normalized spacial score (nSPS) is 11.0. The third kappa shape index (κ3) is 4.07. The van der Waals surface area contributed by atoms with Gasteiger partial charge in [-0.1, -0.05) is 0 Å². The molecule has 0 aliphatic carbocycles. The highest BCUT2D eigenvalue weighted by Crippen LogP contribution is 2.27. The van der Waals surface area contributed by atoms with Crippen molar-refractivity contribution in [2.45, 2.75) is 13.8 Å². The number of ether oxygens (including phenoxy) is 2. The number of nitrogens with zero attached hydrogens (tertiary/aromatic N) is 2. The van der Waals surface area contributed by atoms with Crippen LogP contribution in [0.2, 0.25) is 0 Å². The monoisotopic (exact) mass is 335 g/mol. The minimum Gasteiger partial charge on any atom is -0.497 e. The van der Waals surface area contributed by atoms with Gasteiger partial charge >= 0.3 is 0 Å². The van der Waals surface area contributed by atoms with Crippen molar-refractivity contribution in [3.05, 3.63) is 59.8 Å². The predicted octanol–water partition coefficient (Wildman–Crippen LogP) is 4.40. The number of hydrogen-bond acceptors (Lipinski definition) is 5. The first-order valence-corrected chi connectivity index (χ1v) is 8.17. The van der Waals surface area contributed by atoms with Crippen LogP contribution < -0.4 is 14.9 Å². The zero-order valence-corrected chi connectivity index (χ0v) is 14.6. The van der Waals surface area contributed by atoms with Crippen LogP contribution in [0.1, 0.15) is 18.2 Å². The van der Waals surface area contributed by atoms with Crippen molar-refractivity contribution in [3.63, 3.8) is 0 Å². The van der Waals surface area contributed by atoms with Crippen LogP contribution in [-0.2, 0) is 0 Å². The molecule has 3 aromatic rings. The molecule has 128 valence electrons. The Bertz CT molecular complexity index is 889. The van der Waals surface area contributed by atoms with Crippen molar-refractivity contribution in [3.8, 4) is 11.5 Å². The van der Waals surface area contributed by atoms with E-state index in [9.17, 15) is 0 Å². The third-order valence-corrected chi connectivity index (χ3v) is 3.73. The second-order valence-electron chi connectivity index (χ2n) is 5.57. The molecule has 1 N–H and O–H groups in total. The standard InChI is InChI=1S/C20H21N3O2/c1-4-25-16-7-5-15(6-8-16)13-21-23-20-11-14(2)22-19-10-9-17(24-3)12-18(19)20/h5-13H,4H2,1-3H3,(H,22,23)/b21-13-. The van der Waals surface area contributed by atoms with Crippen LogP contribution in [0.25, 0.3) is 10.9 Å². The number of hydrazone groups is 1. The summed E-state index contributed by atoms with van der Waals surface area (Å²) in [5.41, 5.74) is 6.82. The summed E-state index contributed by atoms with van der Waals surface area (Å²) in [5, 5.41) is 5.32. The average molecular weight is 335 g/mol. The molecule has 0 aliphatic rings. The lowest BCUT2D eigenvalue weighted by Crippen LogP contribution is -1.96. The van der Waals surface area contributed by atoms with Gasteiger partial charge in [-0.05, 0) is 67.9 Å². The Balaban J connectivity index is 1.82. The van der Waals surface area contributed by atoms with Gasteiger partial charge in [-0.15, -0.1) is 0 Å². The second-order valence-corrected chi connectivity index (χ2v) is 5.57. The SMILES string of the molecule is CCOc1ccc(/C=N\Nc2cc(C)nc3ccc(OC)cc23)cc1. The van der Waals surface area contributed by atoms with E-state index in [0.717, 1.165) is 39.3 Å². The van der Waals surface area contributed by atoms with E-state index in [2.05, 4.69) is 15.5 Å². The summed E-state index contributed by atoms with van der Waals surface area (Å²) in [6.07, 6.45) is 1.78. The first-order valence-electron chi connectivity index (χ1n) is 8.17. The van der Waals surface area contributed by atoms with Gasteiger partial charge in [0.2, 0.25) is 0 Å². The molecular weight excluding hydrogens is 314 g/mol. The fourth-order valence-corrected chi connectivity index (χ4v) is 2.55. The van der Waals surface area contributed by atoms with Gasteiger partial charge in [0.15, 0.2) is 0 Å². The van der Waals surface area contributed by atoms with Gasteiger partial charge in [0, 0.05) is 11.1 Å². The first-order chi connectivity index (χ1) is 12.2. The van der Waals surface area contributed by atoms with Gasteiger partial charge < -0.3 is 9.47 Å². The quantitative estimate of drug-likeness (QED) is 0.536. The molecule has 0 aliphatic heterocycles. The van der Waals surface area contributed by atoms with Crippen LogP contribution in [0, 0.1) is 6.92 Å². The fraction of sp³-hybridized carbons (Fsp3) is 0.200. The smallest absolute Gasteiger partial charge is 0.119 e. The predicted molar refractivity (Wildman–Crippen MR) is 102 cm³/mol. The van der Waals surface area contributed by atoms with E-state index in [-0.39, 0.29) is 0 Å². The topological polar surface area (TPSA) is 55.7 Å². The molecule has 0 bridgehead atoms. The average Bonchev–Trinajstić information content (AvgIpc) is 2.63. The molecular formula is C20H21N3O2. The number of pyridine rings is 1. The molecule has 0 amide bonds. The van der Waals surface area contributed by atoms with Crippen molar-refractivity contribution >= 4 is 22.8 Å². The lowest BCUT2D eigenvalue weighted by Gasteiger charge is -2.09. The molecule has 2 aromatic carbocycles. The highest BCUT2D eigenvalue weighted by molar-refractivity contribution is 5.93. The summed E-state index contributed by atoms with van der Waals surface area (Å²) in [4.78, 5) is 4.54. The van der Waals surface area contributed by atoms with Gasteiger partial charge in [0.05, 0.1) is 31.1 Å². The van der Waals surface area contributed by atoms with E-state index in [1.54, 1.807) is 13.3 Å². The molecule has 0 atom stereocenters. The summed E-state index contributed by atoms with van der Waals surface area (Å²) in [6.45, 7) is 4.59. The molecule has 0 saturated heterocycles. The van der Waals surface area contributed by atoms with E-state index in [4.69, 9.17) is 9.47 Å². The first kappa shape index (κ1) is 16.8. The van der Waals surface area contributed by atoms with Crippen molar-refractivity contribution in [1.82, 2.24) is 4.98 Å². The van der Waals surface area contributed by atoms with Crippen LogP contribution in [-0.4, -0.2) is 24.9 Å². The third-order valence-electron chi connectivity index (χ3n) is 3.73. The summed E-state index contributed by atoms with van der Waals surface area (Å²) in [7, 11) is 1.65. The Kier molecular flexibility index (Phi) is 5.14. The second kappa shape index (κ2) is 7.66. The molecule has 0 saturated carbocycles. The Morgan fingerprint density at radius 2 is 1.84 bits per heavy atom. The Morgan fingerprint density at radius 1 is 1.08 bits per heavy atom. The maximum atomic E-state index is 5.44. The zero-order valence-electron chi connectivity index (χ0n) is 14.6. The van der Waals surface area contributed by atoms with Crippen molar-refractivity contribution in [2.75, 3.05) is 19.1 Å². The minimum atomic E-state index is 0.660. The molecule has 1 aromatic heterocycles. The van der Waals surface area contributed by atoms with E-state index in [1.165, 1.54) is 0 Å². The zero-order chi connectivity index (χ0) is 17.6. The molecule has 1 heterocycles. The van der Waals surface area contributed by atoms with Crippen molar-refractivity contribution < 1.29 is 9.47 Å². The van der Waals surface area contributed by atoms with Crippen LogP contribution in [0.4, 0.5) is 5.69 Å². The largest absolute Gasteiger partial charge is 0.497 e. The molecule has 0 fully saturated rings. The Labute approximate surface area is 147 Å². The minimum absolute atomic E-state index is 0.660. The molecule has 0 spiro atoms. The summed E-state index contributed by atoms with van der Waals surface area (Å²) in [5.74, 6) is 1.65. The Morgan fingerprint density at radius 3 is 2.56 bits per heavy atom. The Hall–Kier alpha value is -3.08. The lowest BCUT2D eigenvalue weighted by atomic mass is 10.1. The number of hydrogen-bond donors (Lipinski definition) is 1. The highest BCUT2D eigenvalue weighted by Gasteiger charge is 2.05. The van der Waals surface area contributed by atoms with Gasteiger partial charge in [-0.2, -0.15) is 5.10 Å². The van der Waals surface area contributed by atoms with E-state index >= 15 is 0 Å². The van der Waals surface area contributed by atoms with Crippen molar-refractivity contribution in [1.29, 1.82) is 0 Å². The van der Waals surface area contributed by atoms with Gasteiger partial charge in [-0.25, -0.2) is 0 Å². The van der Waals surface area contributed by atoms with Crippen LogP contribution >= 0.6 is 0 Å². The fourth-order valence-electron chi connectivity index (χ4n) is 2.55.